The van der Waals surface area contributed by atoms with Crippen molar-refractivity contribution in [1.82, 2.24) is 0 Å². The Bertz CT molecular complexity index is 360. The van der Waals surface area contributed by atoms with E-state index in [1.54, 1.807) is 6.07 Å². The van der Waals surface area contributed by atoms with Crippen LogP contribution in [0.25, 0.3) is 0 Å². The third-order valence-electron chi connectivity index (χ3n) is 1.59. The van der Waals surface area contributed by atoms with Crippen LogP contribution in [-0.4, -0.2) is 0 Å². The molecule has 84 valence electrons. The second-order valence-electron chi connectivity index (χ2n) is 2.69. The lowest BCUT2D eigenvalue weighted by atomic mass is 10.1. The van der Waals surface area contributed by atoms with Crippen molar-refractivity contribution in [3.63, 3.8) is 0 Å². The Kier molecular flexibility index (Phi) is 4.63. The van der Waals surface area contributed by atoms with Gasteiger partial charge in [0.15, 0.2) is 0 Å². The average molecular weight is 347 g/mol. The zero-order chi connectivity index (χ0) is 11.9. The molecule has 0 saturated carbocycles. The van der Waals surface area contributed by atoms with Crippen LogP contribution < -0.4 is 0 Å². The zero-order valence-electron chi connectivity index (χ0n) is 6.88. The summed E-state index contributed by atoms with van der Waals surface area (Å²) >= 11 is 40.2. The molecule has 0 atom stereocenters. The van der Waals surface area contributed by atoms with Crippen molar-refractivity contribution in [2.45, 2.75) is 7.59 Å². The van der Waals surface area contributed by atoms with Crippen molar-refractivity contribution in [2.24, 2.45) is 0 Å². The first-order valence-electron chi connectivity index (χ1n) is 3.56. The fraction of sp³-hybridized carbons (Fsp3) is 0.250. The van der Waals surface area contributed by atoms with Gasteiger partial charge in [-0.3, -0.25) is 0 Å². The molecule has 0 saturated heterocycles. The molecular weight excluding hydrogens is 344 g/mol. The predicted molar refractivity (Wildman–Crippen MR) is 69.9 cm³/mol. The summed E-state index contributed by atoms with van der Waals surface area (Å²) in [4.78, 5) is 0. The molecule has 0 nitrogen and oxygen atoms in total. The van der Waals surface area contributed by atoms with Gasteiger partial charge in [0.05, 0.1) is 0 Å². The Morgan fingerprint density at radius 1 is 0.733 bits per heavy atom. The highest BCUT2D eigenvalue weighted by molar-refractivity contribution is 6.69. The highest BCUT2D eigenvalue weighted by Gasteiger charge is 2.34. The lowest BCUT2D eigenvalue weighted by molar-refractivity contribution is 1.11. The molecule has 0 aliphatic rings. The normalized spacial score (nSPS) is 13.0. The van der Waals surface area contributed by atoms with Crippen LogP contribution in [0.5, 0.6) is 0 Å². The lowest BCUT2D eigenvalue weighted by Gasteiger charge is -2.21. The molecule has 0 aromatic heterocycles. The minimum Gasteiger partial charge on any atom is -0.0843 e. The van der Waals surface area contributed by atoms with E-state index in [1.807, 2.05) is 0 Å². The van der Waals surface area contributed by atoms with E-state index in [0.29, 0.717) is 5.02 Å². The van der Waals surface area contributed by atoms with Gasteiger partial charge in [0.2, 0.25) is 7.59 Å². The van der Waals surface area contributed by atoms with Gasteiger partial charge in [-0.2, -0.15) is 0 Å². The van der Waals surface area contributed by atoms with E-state index < -0.39 is 7.59 Å². The molecule has 0 spiro atoms. The Morgan fingerprint density at radius 3 is 1.60 bits per heavy atom. The monoisotopic (exact) mass is 344 g/mol. The quantitative estimate of drug-likeness (QED) is 0.506. The van der Waals surface area contributed by atoms with Crippen LogP contribution in [-0.2, 0) is 7.59 Å². The van der Waals surface area contributed by atoms with Crippen LogP contribution in [0.4, 0.5) is 0 Å². The summed E-state index contributed by atoms with van der Waals surface area (Å²) in [6.07, 6.45) is 0. The zero-order valence-corrected chi connectivity index (χ0v) is 12.2. The fourth-order valence-electron chi connectivity index (χ4n) is 0.998. The van der Waals surface area contributed by atoms with Gasteiger partial charge < -0.3 is 0 Å². The van der Waals surface area contributed by atoms with Crippen LogP contribution in [0.3, 0.4) is 0 Å². The van der Waals surface area contributed by atoms with Gasteiger partial charge in [-0.05, 0) is 12.1 Å². The maximum Gasteiger partial charge on any atom is 0.216 e. The maximum atomic E-state index is 5.77. The van der Waals surface area contributed by atoms with Crippen molar-refractivity contribution >= 4 is 81.2 Å². The first kappa shape index (κ1) is 14.3. The highest BCUT2D eigenvalue weighted by atomic mass is 35.6. The number of halogens is 7. The van der Waals surface area contributed by atoms with Gasteiger partial charge in [-0.1, -0.05) is 87.3 Å². The van der Waals surface area contributed by atoms with E-state index in [1.165, 1.54) is 12.1 Å². The van der Waals surface area contributed by atoms with Gasteiger partial charge >= 0.3 is 0 Å². The minimum atomic E-state index is -1.69. The molecule has 0 heterocycles. The standard InChI is InChI=1S/C8H3Cl7/c9-4-1-2-5(7(10,11)12)6(3-4)8(13,14)15/h1-3H. The molecule has 7 heteroatoms. The second kappa shape index (κ2) is 4.86. The second-order valence-corrected chi connectivity index (χ2v) is 7.68. The van der Waals surface area contributed by atoms with Crippen LogP contribution in [0.15, 0.2) is 18.2 Å². The summed E-state index contributed by atoms with van der Waals surface area (Å²) in [5.41, 5.74) is 0.539. The summed E-state index contributed by atoms with van der Waals surface area (Å²) in [7, 11) is 0. The molecule has 1 aromatic rings. The number of benzene rings is 1. The van der Waals surface area contributed by atoms with Crippen LogP contribution >= 0.6 is 81.2 Å². The first-order valence-corrected chi connectivity index (χ1v) is 6.21. The molecule has 1 aromatic carbocycles. The molecule has 0 amide bonds. The predicted octanol–water partition coefficient (Wildman–Crippen LogP) is 5.99. The Hall–Kier alpha value is 1.25. The Morgan fingerprint density at radius 2 is 1.20 bits per heavy atom. The highest BCUT2D eigenvalue weighted by Crippen LogP contribution is 2.48. The summed E-state index contributed by atoms with van der Waals surface area (Å²) in [5.74, 6) is 0. The van der Waals surface area contributed by atoms with Crippen LogP contribution in [0, 0.1) is 0 Å². The van der Waals surface area contributed by atoms with E-state index in [9.17, 15) is 0 Å². The van der Waals surface area contributed by atoms with Gasteiger partial charge in [-0.25, -0.2) is 0 Å². The molecule has 0 radical (unpaired) electrons. The molecule has 0 bridgehead atoms. The summed E-state index contributed by atoms with van der Waals surface area (Å²) < 4.78 is -3.35. The van der Waals surface area contributed by atoms with Gasteiger partial charge in [0.1, 0.15) is 0 Å². The number of hydrogen-bond acceptors (Lipinski definition) is 0. The molecule has 15 heavy (non-hydrogen) atoms. The SMILES string of the molecule is Clc1ccc(C(Cl)(Cl)Cl)c(C(Cl)(Cl)Cl)c1. The number of hydrogen-bond donors (Lipinski definition) is 0. The lowest BCUT2D eigenvalue weighted by Crippen LogP contribution is -2.11. The molecule has 0 unspecified atom stereocenters. The topological polar surface area (TPSA) is 0 Å². The number of alkyl halides is 6. The molecule has 1 rings (SSSR count). The third-order valence-corrected chi connectivity index (χ3v) is 3.05. The minimum absolute atomic E-state index is 0.250. The molecule has 0 fully saturated rings. The van der Waals surface area contributed by atoms with Crippen LogP contribution in [0.2, 0.25) is 5.02 Å². The summed E-state index contributed by atoms with van der Waals surface area (Å²) in [6.45, 7) is 0. The van der Waals surface area contributed by atoms with Gasteiger partial charge in [0, 0.05) is 16.1 Å². The van der Waals surface area contributed by atoms with Crippen molar-refractivity contribution in [2.75, 3.05) is 0 Å². The summed E-state index contributed by atoms with van der Waals surface area (Å²) in [5, 5.41) is 0.398. The Labute approximate surface area is 122 Å². The Balaban J connectivity index is 3.41. The number of rotatable bonds is 0. The van der Waals surface area contributed by atoms with Crippen LogP contribution in [0.1, 0.15) is 11.1 Å². The largest absolute Gasteiger partial charge is 0.216 e. The van der Waals surface area contributed by atoms with E-state index in [4.69, 9.17) is 81.2 Å². The first-order chi connectivity index (χ1) is 6.62. The molecule has 0 N–H and O–H groups in total. The van der Waals surface area contributed by atoms with Crippen molar-refractivity contribution in [3.05, 3.63) is 34.3 Å². The van der Waals surface area contributed by atoms with E-state index in [0.717, 1.165) is 0 Å². The van der Waals surface area contributed by atoms with Crippen molar-refractivity contribution in [1.29, 1.82) is 0 Å². The average Bonchev–Trinajstić information content (AvgIpc) is 2.00. The van der Waals surface area contributed by atoms with E-state index in [2.05, 4.69) is 0 Å². The van der Waals surface area contributed by atoms with E-state index >= 15 is 0 Å². The fourth-order valence-corrected chi connectivity index (χ4v) is 2.13. The van der Waals surface area contributed by atoms with Crippen molar-refractivity contribution < 1.29 is 0 Å². The van der Waals surface area contributed by atoms with E-state index in [-0.39, 0.29) is 11.1 Å². The molecular formula is C8H3Cl7. The van der Waals surface area contributed by atoms with Gasteiger partial charge in [-0.15, -0.1) is 0 Å². The molecule has 0 aliphatic heterocycles. The molecule has 0 aliphatic carbocycles. The van der Waals surface area contributed by atoms with Gasteiger partial charge in [0.25, 0.3) is 0 Å². The third kappa shape index (κ3) is 3.89. The maximum absolute atomic E-state index is 5.77. The van der Waals surface area contributed by atoms with Crippen molar-refractivity contribution in [3.8, 4) is 0 Å². The summed E-state index contributed by atoms with van der Waals surface area (Å²) in [6, 6.07) is 4.51. The smallest absolute Gasteiger partial charge is 0.0843 e.